The van der Waals surface area contributed by atoms with Crippen LogP contribution in [0.2, 0.25) is 5.02 Å². The van der Waals surface area contributed by atoms with Crippen LogP contribution in [0.5, 0.6) is 5.75 Å². The number of likely N-dealkylation sites (tertiary alicyclic amines) is 1. The molecular formula is C24H27ClF2N2O4S. The number of nitrogens with zero attached hydrogens (tertiary/aromatic N) is 1. The predicted molar refractivity (Wildman–Crippen MR) is 126 cm³/mol. The lowest BCUT2D eigenvalue weighted by atomic mass is 9.99. The number of halogens is 3. The van der Waals surface area contributed by atoms with Crippen molar-refractivity contribution in [3.8, 4) is 5.75 Å². The van der Waals surface area contributed by atoms with Gasteiger partial charge in [0.05, 0.1) is 11.8 Å². The third kappa shape index (κ3) is 6.06. The number of carbonyl (C=O) groups excluding carboxylic acids is 1. The average molecular weight is 513 g/mol. The van der Waals surface area contributed by atoms with E-state index in [1.54, 1.807) is 6.07 Å². The molecule has 1 amide bonds. The van der Waals surface area contributed by atoms with E-state index >= 15 is 0 Å². The molecule has 2 fully saturated rings. The Morgan fingerprint density at radius 3 is 2.56 bits per heavy atom. The Kier molecular flexibility index (Phi) is 7.17. The molecule has 0 spiro atoms. The van der Waals surface area contributed by atoms with Crippen molar-refractivity contribution in [1.82, 2.24) is 9.62 Å². The number of carbonyl (C=O) groups is 1. The van der Waals surface area contributed by atoms with Crippen molar-refractivity contribution >= 4 is 27.5 Å². The lowest BCUT2D eigenvalue weighted by Gasteiger charge is -2.38. The van der Waals surface area contributed by atoms with Gasteiger partial charge in [0, 0.05) is 30.2 Å². The summed E-state index contributed by atoms with van der Waals surface area (Å²) >= 11 is 6.21. The zero-order valence-electron chi connectivity index (χ0n) is 19.0. The van der Waals surface area contributed by atoms with Crippen molar-refractivity contribution in [2.45, 2.75) is 57.2 Å². The third-order valence-electron chi connectivity index (χ3n) is 6.29. The summed E-state index contributed by atoms with van der Waals surface area (Å²) in [5.41, 5.74) is 1.22. The molecule has 10 heteroatoms. The van der Waals surface area contributed by atoms with Gasteiger partial charge in [-0.3, -0.25) is 9.69 Å². The maximum absolute atomic E-state index is 14.8. The minimum Gasteiger partial charge on any atom is -0.489 e. The Bertz CT molecular complexity index is 1200. The first kappa shape index (κ1) is 24.9. The van der Waals surface area contributed by atoms with Crippen LogP contribution in [0.1, 0.15) is 60.0 Å². The van der Waals surface area contributed by atoms with Crippen LogP contribution in [0.25, 0.3) is 0 Å². The summed E-state index contributed by atoms with van der Waals surface area (Å²) < 4.78 is 59.1. The molecule has 2 aromatic rings. The van der Waals surface area contributed by atoms with Gasteiger partial charge in [-0.2, -0.15) is 0 Å². The zero-order valence-corrected chi connectivity index (χ0v) is 20.6. The number of benzene rings is 2. The van der Waals surface area contributed by atoms with Gasteiger partial charge < -0.3 is 4.74 Å². The first-order valence-electron chi connectivity index (χ1n) is 11.2. The first-order valence-corrected chi connectivity index (χ1v) is 13.5. The summed E-state index contributed by atoms with van der Waals surface area (Å²) in [7, 11) is -3.81. The molecule has 1 heterocycles. The zero-order chi connectivity index (χ0) is 24.6. The van der Waals surface area contributed by atoms with Crippen molar-refractivity contribution in [2.75, 3.05) is 12.8 Å². The molecule has 1 N–H and O–H groups in total. The second-order valence-corrected chi connectivity index (χ2v) is 11.3. The van der Waals surface area contributed by atoms with Gasteiger partial charge in [-0.25, -0.2) is 21.9 Å². The lowest BCUT2D eigenvalue weighted by Crippen LogP contribution is -2.45. The minimum absolute atomic E-state index is 0.150. The highest BCUT2D eigenvalue weighted by atomic mass is 35.5. The van der Waals surface area contributed by atoms with Gasteiger partial charge in [-0.15, -0.1) is 0 Å². The Morgan fingerprint density at radius 1 is 1.18 bits per heavy atom. The Balaban J connectivity index is 1.52. The van der Waals surface area contributed by atoms with Gasteiger partial charge in [0.25, 0.3) is 5.91 Å². The first-order chi connectivity index (χ1) is 16.0. The van der Waals surface area contributed by atoms with Crippen LogP contribution in [0.15, 0.2) is 30.3 Å². The molecule has 0 radical (unpaired) electrons. The molecule has 6 nitrogen and oxygen atoms in total. The van der Waals surface area contributed by atoms with Crippen LogP contribution in [0.4, 0.5) is 8.78 Å². The number of sulfonamides is 1. The highest BCUT2D eigenvalue weighted by Crippen LogP contribution is 2.45. The Hall–Kier alpha value is -2.23. The molecule has 0 aromatic heterocycles. The maximum Gasteiger partial charge on any atom is 0.267 e. The fraction of sp³-hybridized carbons (Fsp3) is 0.458. The van der Waals surface area contributed by atoms with E-state index in [0.717, 1.165) is 37.5 Å². The van der Waals surface area contributed by atoms with Gasteiger partial charge in [0.1, 0.15) is 23.5 Å². The van der Waals surface area contributed by atoms with E-state index in [9.17, 15) is 22.0 Å². The molecule has 2 atom stereocenters. The summed E-state index contributed by atoms with van der Waals surface area (Å²) in [5, 5.41) is 0.372. The van der Waals surface area contributed by atoms with Crippen LogP contribution in [-0.2, 0) is 16.6 Å². The fourth-order valence-corrected chi connectivity index (χ4v) is 4.97. The predicted octanol–water partition coefficient (Wildman–Crippen LogP) is 4.62. The maximum atomic E-state index is 14.8. The van der Waals surface area contributed by atoms with E-state index in [1.807, 2.05) is 4.72 Å². The molecule has 4 rings (SSSR count). The summed E-state index contributed by atoms with van der Waals surface area (Å²) in [4.78, 5) is 14.5. The Labute approximate surface area is 203 Å². The Morgan fingerprint density at radius 2 is 1.91 bits per heavy atom. The molecule has 1 aliphatic heterocycles. The van der Waals surface area contributed by atoms with Crippen molar-refractivity contribution < 1.29 is 26.7 Å². The normalized spacial score (nSPS) is 21.3. The molecule has 34 heavy (non-hydrogen) atoms. The number of hydrogen-bond donors (Lipinski definition) is 1. The van der Waals surface area contributed by atoms with Gasteiger partial charge in [-0.1, -0.05) is 17.7 Å². The quantitative estimate of drug-likeness (QED) is 0.586. The number of amides is 1. The summed E-state index contributed by atoms with van der Waals surface area (Å²) in [6.45, 7) is 3.23. The topological polar surface area (TPSA) is 75.7 Å². The number of piperidine rings is 1. The molecule has 184 valence electrons. The largest absolute Gasteiger partial charge is 0.489 e. The van der Waals surface area contributed by atoms with Crippen LogP contribution in [-0.4, -0.2) is 44.2 Å². The van der Waals surface area contributed by atoms with Gasteiger partial charge >= 0.3 is 0 Å². The van der Waals surface area contributed by atoms with E-state index < -0.39 is 21.7 Å². The van der Waals surface area contributed by atoms with Gasteiger partial charge in [0.15, 0.2) is 0 Å². The summed E-state index contributed by atoms with van der Waals surface area (Å²) in [6, 6.07) is 7.22. The molecule has 1 aliphatic carbocycles. The monoisotopic (exact) mass is 512 g/mol. The highest BCUT2D eigenvalue weighted by Gasteiger charge is 2.32. The summed E-state index contributed by atoms with van der Waals surface area (Å²) in [5.74, 6) is -1.68. The van der Waals surface area contributed by atoms with Crippen molar-refractivity contribution in [3.63, 3.8) is 0 Å². The van der Waals surface area contributed by atoms with Crippen LogP contribution < -0.4 is 9.46 Å². The standard InChI is InChI=1S/C24H27ClF2N2O4S/c1-14-3-8-18(13-29(14)12-16-6-7-17(26)9-21(16)25)33-23-11-22(27)20(10-19(23)15-4-5-15)24(30)28-34(2,31)32/h6-7,9-11,14-15,18H,3-5,8,12-13H2,1-2H3,(H,28,30)/t14-,18-/m1/s1. The molecule has 0 unspecified atom stereocenters. The second-order valence-electron chi connectivity index (χ2n) is 9.18. The molecular weight excluding hydrogens is 486 g/mol. The van der Waals surface area contributed by atoms with Crippen LogP contribution in [0, 0.1) is 11.6 Å². The van der Waals surface area contributed by atoms with Crippen molar-refractivity contribution in [1.29, 1.82) is 0 Å². The van der Waals surface area contributed by atoms with Gasteiger partial charge in [0.2, 0.25) is 10.0 Å². The van der Waals surface area contributed by atoms with Crippen molar-refractivity contribution in [3.05, 3.63) is 63.7 Å². The molecule has 0 bridgehead atoms. The molecule has 2 aromatic carbocycles. The number of hydrogen-bond acceptors (Lipinski definition) is 5. The van der Waals surface area contributed by atoms with Crippen LogP contribution >= 0.6 is 11.6 Å². The molecule has 2 aliphatic rings. The number of ether oxygens (including phenoxy) is 1. The SMILES string of the molecule is C[C@@H]1CC[C@@H](Oc2cc(F)c(C(=O)NS(C)(=O)=O)cc2C2CC2)CN1Cc1ccc(F)cc1Cl. The van der Waals surface area contributed by atoms with E-state index in [0.29, 0.717) is 29.4 Å². The summed E-state index contributed by atoms with van der Waals surface area (Å²) in [6.07, 6.45) is 4.06. The molecule has 1 saturated heterocycles. The van der Waals surface area contributed by atoms with E-state index in [4.69, 9.17) is 16.3 Å². The minimum atomic E-state index is -3.81. The highest BCUT2D eigenvalue weighted by molar-refractivity contribution is 7.89. The van der Waals surface area contributed by atoms with Crippen molar-refractivity contribution in [2.24, 2.45) is 0 Å². The van der Waals surface area contributed by atoms with Crippen LogP contribution in [0.3, 0.4) is 0 Å². The number of rotatable bonds is 7. The average Bonchev–Trinajstić information content (AvgIpc) is 3.56. The second kappa shape index (κ2) is 9.79. The lowest BCUT2D eigenvalue weighted by molar-refractivity contribution is 0.0502. The van der Waals surface area contributed by atoms with E-state index in [-0.39, 0.29) is 29.4 Å². The third-order valence-corrected chi connectivity index (χ3v) is 7.20. The number of nitrogens with one attached hydrogen (secondary N) is 1. The fourth-order valence-electron chi connectivity index (χ4n) is 4.29. The smallest absolute Gasteiger partial charge is 0.267 e. The van der Waals surface area contributed by atoms with E-state index in [1.165, 1.54) is 24.3 Å². The van der Waals surface area contributed by atoms with E-state index in [2.05, 4.69) is 11.8 Å². The molecule has 1 saturated carbocycles. The van der Waals surface area contributed by atoms with Gasteiger partial charge in [-0.05, 0) is 67.9 Å².